The van der Waals surface area contributed by atoms with Crippen molar-refractivity contribution in [1.82, 2.24) is 10.0 Å². The lowest BCUT2D eigenvalue weighted by molar-refractivity contribution is 0.0950. The second-order valence-corrected chi connectivity index (χ2v) is 8.70. The number of nitriles is 1. The second kappa shape index (κ2) is 11.1. The molecule has 3 aromatic rings. The van der Waals surface area contributed by atoms with Crippen LogP contribution in [0.2, 0.25) is 0 Å². The lowest BCUT2D eigenvalue weighted by Gasteiger charge is -2.10. The fourth-order valence-electron chi connectivity index (χ4n) is 2.88. The van der Waals surface area contributed by atoms with Crippen molar-refractivity contribution in [3.8, 4) is 11.8 Å². The highest BCUT2D eigenvalue weighted by Gasteiger charge is 2.14. The molecule has 32 heavy (non-hydrogen) atoms. The Balaban J connectivity index is 1.54. The third kappa shape index (κ3) is 6.67. The molecule has 0 aromatic heterocycles. The largest absolute Gasteiger partial charge is 0.489 e. The molecular formula is C24H23N3O4S. The fraction of sp³-hybridized carbons (Fsp3) is 0.167. The van der Waals surface area contributed by atoms with E-state index in [1.165, 1.54) is 24.3 Å². The van der Waals surface area contributed by atoms with Gasteiger partial charge in [0, 0.05) is 25.1 Å². The molecule has 3 rings (SSSR count). The van der Waals surface area contributed by atoms with Crippen LogP contribution in [-0.4, -0.2) is 20.9 Å². The van der Waals surface area contributed by atoms with Gasteiger partial charge in [0.15, 0.2) is 0 Å². The van der Waals surface area contributed by atoms with E-state index in [1.54, 1.807) is 0 Å². The lowest BCUT2D eigenvalue weighted by Crippen LogP contribution is -2.25. The van der Waals surface area contributed by atoms with E-state index in [0.717, 1.165) is 11.1 Å². The molecule has 2 N–H and O–H groups in total. The number of rotatable bonds is 10. The molecule has 0 spiro atoms. The normalized spacial score (nSPS) is 10.8. The van der Waals surface area contributed by atoms with Crippen molar-refractivity contribution < 1.29 is 17.9 Å². The topological polar surface area (TPSA) is 108 Å². The monoisotopic (exact) mass is 449 g/mol. The van der Waals surface area contributed by atoms with Gasteiger partial charge >= 0.3 is 0 Å². The van der Waals surface area contributed by atoms with E-state index in [9.17, 15) is 13.2 Å². The molecule has 0 unspecified atom stereocenters. The van der Waals surface area contributed by atoms with Gasteiger partial charge in [-0.05, 0) is 47.5 Å². The Morgan fingerprint density at radius 2 is 1.66 bits per heavy atom. The van der Waals surface area contributed by atoms with Crippen molar-refractivity contribution in [2.24, 2.45) is 0 Å². The molecule has 3 aromatic carbocycles. The Kier molecular flexibility index (Phi) is 7.97. The van der Waals surface area contributed by atoms with E-state index >= 15 is 0 Å². The minimum absolute atomic E-state index is 0.0369. The number of hydrogen-bond donors (Lipinski definition) is 2. The molecule has 0 heterocycles. The first-order valence-electron chi connectivity index (χ1n) is 9.98. The molecule has 1 amide bonds. The third-order valence-corrected chi connectivity index (χ3v) is 6.03. The smallest absolute Gasteiger partial charge is 0.251 e. The minimum atomic E-state index is -3.71. The molecular weight excluding hydrogens is 426 g/mol. The van der Waals surface area contributed by atoms with E-state index in [4.69, 9.17) is 10.00 Å². The molecule has 0 radical (unpaired) electrons. The number of carbonyl (C=O) groups is 1. The Labute approximate surface area is 187 Å². The van der Waals surface area contributed by atoms with Crippen LogP contribution in [0.1, 0.15) is 27.9 Å². The Morgan fingerprint density at radius 3 is 2.38 bits per heavy atom. The van der Waals surface area contributed by atoms with Crippen molar-refractivity contribution in [2.75, 3.05) is 6.54 Å². The van der Waals surface area contributed by atoms with Crippen LogP contribution in [0, 0.1) is 11.3 Å². The summed E-state index contributed by atoms with van der Waals surface area (Å²) in [5.41, 5.74) is 2.29. The van der Waals surface area contributed by atoms with Gasteiger partial charge in [-0.3, -0.25) is 4.79 Å². The predicted octanol–water partition coefficient (Wildman–Crippen LogP) is 3.39. The minimum Gasteiger partial charge on any atom is -0.489 e. The number of benzene rings is 3. The molecule has 8 heteroatoms. The molecule has 0 atom stereocenters. The highest BCUT2D eigenvalue weighted by Crippen LogP contribution is 2.16. The van der Waals surface area contributed by atoms with Crippen LogP contribution >= 0.6 is 0 Å². The highest BCUT2D eigenvalue weighted by molar-refractivity contribution is 7.89. The maximum atomic E-state index is 12.4. The van der Waals surface area contributed by atoms with Gasteiger partial charge in [0.05, 0.1) is 11.0 Å². The average molecular weight is 450 g/mol. The summed E-state index contributed by atoms with van der Waals surface area (Å²) in [4.78, 5) is 12.5. The molecule has 0 aliphatic heterocycles. The number of ether oxygens (including phenoxy) is 1. The Morgan fingerprint density at radius 1 is 0.938 bits per heavy atom. The maximum absolute atomic E-state index is 12.4. The van der Waals surface area contributed by atoms with Gasteiger partial charge in [0.25, 0.3) is 5.91 Å². The van der Waals surface area contributed by atoms with Gasteiger partial charge < -0.3 is 10.1 Å². The summed E-state index contributed by atoms with van der Waals surface area (Å²) in [5, 5.41) is 11.3. The zero-order valence-corrected chi connectivity index (χ0v) is 18.1. The predicted molar refractivity (Wildman–Crippen MR) is 120 cm³/mol. The number of nitrogens with one attached hydrogen (secondary N) is 2. The second-order valence-electron chi connectivity index (χ2n) is 6.93. The molecule has 0 fully saturated rings. The SMILES string of the molecule is N#CCCNS(=O)(=O)c1ccc(C(=O)NCc2cccc(OCc3ccccc3)c2)cc1. The van der Waals surface area contributed by atoms with Crippen molar-refractivity contribution in [3.05, 3.63) is 95.6 Å². The van der Waals surface area contributed by atoms with Crippen LogP contribution in [-0.2, 0) is 23.2 Å². The summed E-state index contributed by atoms with van der Waals surface area (Å²) in [5.74, 6) is 0.390. The molecule has 0 aliphatic carbocycles. The molecule has 164 valence electrons. The van der Waals surface area contributed by atoms with E-state index in [1.807, 2.05) is 60.7 Å². The van der Waals surface area contributed by atoms with Crippen LogP contribution in [0.4, 0.5) is 0 Å². The first-order chi connectivity index (χ1) is 15.5. The molecule has 0 saturated carbocycles. The third-order valence-electron chi connectivity index (χ3n) is 4.56. The zero-order chi connectivity index (χ0) is 22.8. The van der Waals surface area contributed by atoms with Gasteiger partial charge in [-0.2, -0.15) is 5.26 Å². The van der Waals surface area contributed by atoms with Crippen LogP contribution in [0.25, 0.3) is 0 Å². The summed E-state index contributed by atoms with van der Waals surface area (Å²) < 4.78 is 32.4. The van der Waals surface area contributed by atoms with Crippen LogP contribution < -0.4 is 14.8 Å². The summed E-state index contributed by atoms with van der Waals surface area (Å²) in [6.45, 7) is 0.795. The molecule has 0 bridgehead atoms. The van der Waals surface area contributed by atoms with E-state index in [0.29, 0.717) is 24.5 Å². The Hall–Kier alpha value is -3.67. The first-order valence-corrected chi connectivity index (χ1v) is 11.5. The quantitative estimate of drug-likeness (QED) is 0.461. The van der Waals surface area contributed by atoms with Gasteiger partial charge in [-0.15, -0.1) is 0 Å². The van der Waals surface area contributed by atoms with E-state index in [2.05, 4.69) is 10.0 Å². The van der Waals surface area contributed by atoms with Crippen molar-refractivity contribution in [2.45, 2.75) is 24.5 Å². The number of carbonyl (C=O) groups excluding carboxylic acids is 1. The molecule has 7 nitrogen and oxygen atoms in total. The number of hydrogen-bond acceptors (Lipinski definition) is 5. The van der Waals surface area contributed by atoms with Crippen LogP contribution in [0.3, 0.4) is 0 Å². The molecule has 0 saturated heterocycles. The summed E-state index contributed by atoms with van der Waals surface area (Å²) in [6, 6.07) is 24.8. The van der Waals surface area contributed by atoms with Gasteiger partial charge in [-0.25, -0.2) is 13.1 Å². The zero-order valence-electron chi connectivity index (χ0n) is 17.3. The summed E-state index contributed by atoms with van der Waals surface area (Å²) in [7, 11) is -3.71. The Bertz CT molecular complexity index is 1190. The van der Waals surface area contributed by atoms with Crippen LogP contribution in [0.5, 0.6) is 5.75 Å². The average Bonchev–Trinajstić information content (AvgIpc) is 2.82. The standard InChI is InChI=1S/C24H23N3O4S/c25-14-5-15-27-32(29,30)23-12-10-21(11-13-23)24(28)26-17-20-8-4-9-22(16-20)31-18-19-6-2-1-3-7-19/h1-4,6-13,16,27H,5,15,17-18H2,(H,26,28). The first kappa shape index (κ1) is 23.0. The number of nitrogens with zero attached hydrogens (tertiary/aromatic N) is 1. The van der Waals surface area contributed by atoms with Gasteiger partial charge in [-0.1, -0.05) is 42.5 Å². The lowest BCUT2D eigenvalue weighted by atomic mass is 10.2. The number of sulfonamides is 1. The van der Waals surface area contributed by atoms with Crippen molar-refractivity contribution in [1.29, 1.82) is 5.26 Å². The molecule has 0 aliphatic rings. The van der Waals surface area contributed by atoms with Gasteiger partial charge in [0.1, 0.15) is 12.4 Å². The van der Waals surface area contributed by atoms with Crippen LogP contribution in [0.15, 0.2) is 83.8 Å². The fourth-order valence-corrected chi connectivity index (χ4v) is 3.91. The summed E-state index contributed by atoms with van der Waals surface area (Å²) in [6.07, 6.45) is 0.0816. The van der Waals surface area contributed by atoms with E-state index in [-0.39, 0.29) is 23.8 Å². The van der Waals surface area contributed by atoms with Crippen molar-refractivity contribution in [3.63, 3.8) is 0 Å². The van der Waals surface area contributed by atoms with E-state index < -0.39 is 10.0 Å². The van der Waals surface area contributed by atoms with Crippen molar-refractivity contribution >= 4 is 15.9 Å². The highest BCUT2D eigenvalue weighted by atomic mass is 32.2. The summed E-state index contributed by atoms with van der Waals surface area (Å²) >= 11 is 0. The van der Waals surface area contributed by atoms with Gasteiger partial charge in [0.2, 0.25) is 10.0 Å². The number of amides is 1. The maximum Gasteiger partial charge on any atom is 0.251 e.